The van der Waals surface area contributed by atoms with E-state index in [0.29, 0.717) is 17.2 Å². The summed E-state index contributed by atoms with van der Waals surface area (Å²) in [6.07, 6.45) is -1.80. The minimum atomic E-state index is -4.38. The van der Waals surface area contributed by atoms with Crippen LogP contribution in [0.1, 0.15) is 25.8 Å². The van der Waals surface area contributed by atoms with E-state index < -0.39 is 11.7 Å². The molecule has 118 valence electrons. The maximum Gasteiger partial charge on any atom is 0.418 e. The van der Waals surface area contributed by atoms with E-state index in [0.717, 1.165) is 31.3 Å². The molecule has 0 N–H and O–H groups in total. The number of anilines is 1. The van der Waals surface area contributed by atoms with Crippen LogP contribution in [0.15, 0.2) is 30.5 Å². The average Bonchev–Trinajstić information content (AvgIpc) is 2.44. The van der Waals surface area contributed by atoms with Crippen molar-refractivity contribution in [2.24, 2.45) is 11.8 Å². The summed E-state index contributed by atoms with van der Waals surface area (Å²) >= 11 is 0. The topological polar surface area (TPSA) is 16.1 Å². The third kappa shape index (κ3) is 2.76. The molecule has 0 unspecified atom stereocenters. The van der Waals surface area contributed by atoms with Gasteiger partial charge in [-0.2, -0.15) is 13.2 Å². The van der Waals surface area contributed by atoms with Crippen LogP contribution < -0.4 is 4.90 Å². The van der Waals surface area contributed by atoms with Crippen molar-refractivity contribution in [3.63, 3.8) is 0 Å². The van der Waals surface area contributed by atoms with Gasteiger partial charge in [0.15, 0.2) is 0 Å². The van der Waals surface area contributed by atoms with Crippen LogP contribution in [-0.4, -0.2) is 18.1 Å². The number of nitrogens with zero attached hydrogens (tertiary/aromatic N) is 2. The molecule has 1 aromatic heterocycles. The summed E-state index contributed by atoms with van der Waals surface area (Å²) in [6.45, 7) is 6.12. The van der Waals surface area contributed by atoms with Gasteiger partial charge in [0.2, 0.25) is 0 Å². The van der Waals surface area contributed by atoms with Gasteiger partial charge in [0.25, 0.3) is 0 Å². The van der Waals surface area contributed by atoms with Crippen molar-refractivity contribution in [2.45, 2.75) is 26.4 Å². The van der Waals surface area contributed by atoms with E-state index in [4.69, 9.17) is 0 Å². The van der Waals surface area contributed by atoms with E-state index in [-0.39, 0.29) is 5.52 Å². The summed E-state index contributed by atoms with van der Waals surface area (Å²) in [5.41, 5.74) is 0.234. The normalized spacial score (nSPS) is 23.0. The Morgan fingerprint density at radius 2 is 1.77 bits per heavy atom. The maximum atomic E-state index is 13.2. The lowest BCUT2D eigenvalue weighted by atomic mass is 9.91. The molecule has 0 bridgehead atoms. The van der Waals surface area contributed by atoms with E-state index in [9.17, 15) is 13.2 Å². The number of benzene rings is 1. The maximum absolute atomic E-state index is 13.2. The van der Waals surface area contributed by atoms with Crippen LogP contribution in [0.5, 0.6) is 0 Å². The Morgan fingerprint density at radius 1 is 1.09 bits per heavy atom. The summed E-state index contributed by atoms with van der Waals surface area (Å²) in [7, 11) is 0. The molecule has 2 atom stereocenters. The first-order chi connectivity index (χ1) is 10.4. The summed E-state index contributed by atoms with van der Waals surface area (Å²) in [4.78, 5) is 6.19. The third-order valence-electron chi connectivity index (χ3n) is 4.26. The van der Waals surface area contributed by atoms with Crippen molar-refractivity contribution < 1.29 is 13.2 Å². The van der Waals surface area contributed by atoms with Crippen molar-refractivity contribution in [1.29, 1.82) is 0 Å². The zero-order chi connectivity index (χ0) is 15.9. The highest BCUT2D eigenvalue weighted by Gasteiger charge is 2.34. The predicted octanol–water partition coefficient (Wildman–Crippen LogP) is 4.74. The van der Waals surface area contributed by atoms with Crippen LogP contribution in [0.2, 0.25) is 0 Å². The summed E-state index contributed by atoms with van der Waals surface area (Å²) in [5.74, 6) is 1.08. The minimum Gasteiger partial charge on any atom is -0.370 e. The summed E-state index contributed by atoms with van der Waals surface area (Å²) in [5, 5.41) is 0.582. The number of pyridine rings is 1. The number of rotatable bonds is 1. The van der Waals surface area contributed by atoms with Gasteiger partial charge in [-0.05, 0) is 42.5 Å². The van der Waals surface area contributed by atoms with E-state index in [2.05, 4.69) is 23.7 Å². The molecule has 0 saturated carbocycles. The first kappa shape index (κ1) is 15.1. The average molecular weight is 308 g/mol. The number of hydrogen-bond acceptors (Lipinski definition) is 2. The van der Waals surface area contributed by atoms with Crippen molar-refractivity contribution in [2.75, 3.05) is 18.0 Å². The monoisotopic (exact) mass is 308 g/mol. The van der Waals surface area contributed by atoms with Crippen LogP contribution in [0, 0.1) is 11.8 Å². The lowest BCUT2D eigenvalue weighted by Crippen LogP contribution is -2.38. The highest BCUT2D eigenvalue weighted by Crippen LogP contribution is 2.38. The van der Waals surface area contributed by atoms with Crippen LogP contribution in [0.4, 0.5) is 18.9 Å². The third-order valence-corrected chi connectivity index (χ3v) is 4.26. The molecule has 0 radical (unpaired) electrons. The number of hydrogen-bond donors (Lipinski definition) is 0. The molecule has 5 heteroatoms. The van der Waals surface area contributed by atoms with Crippen molar-refractivity contribution in [3.05, 3.63) is 36.0 Å². The molecule has 2 heterocycles. The highest BCUT2D eigenvalue weighted by molar-refractivity contribution is 5.94. The molecule has 0 aliphatic carbocycles. The second kappa shape index (κ2) is 5.45. The Bertz CT molecular complexity index is 671. The van der Waals surface area contributed by atoms with E-state index >= 15 is 0 Å². The molecule has 1 aromatic carbocycles. The first-order valence-electron chi connectivity index (χ1n) is 7.56. The van der Waals surface area contributed by atoms with Crippen LogP contribution in [0.25, 0.3) is 10.9 Å². The number of aromatic nitrogens is 1. The number of halogens is 3. The number of piperidine rings is 1. The second-order valence-corrected chi connectivity index (χ2v) is 6.38. The number of alkyl halides is 3. The zero-order valence-electron chi connectivity index (χ0n) is 12.7. The van der Waals surface area contributed by atoms with Crippen molar-refractivity contribution >= 4 is 16.6 Å². The SMILES string of the molecule is C[C@@H]1C[C@H](C)CN(c2ccc(C(F)(F)F)c3ncccc23)C1. The minimum absolute atomic E-state index is 0.0402. The molecule has 0 amide bonds. The van der Waals surface area contributed by atoms with Crippen LogP contribution >= 0.6 is 0 Å². The number of fused-ring (bicyclic) bond motifs is 1. The van der Waals surface area contributed by atoms with Gasteiger partial charge in [0.05, 0.1) is 11.1 Å². The Hall–Kier alpha value is -1.78. The molecule has 1 aliphatic rings. The van der Waals surface area contributed by atoms with Gasteiger partial charge in [0.1, 0.15) is 0 Å². The lowest BCUT2D eigenvalue weighted by Gasteiger charge is -2.37. The fraction of sp³-hybridized carbons (Fsp3) is 0.471. The van der Waals surface area contributed by atoms with E-state index in [1.165, 1.54) is 6.20 Å². The Kier molecular flexibility index (Phi) is 3.75. The molecule has 3 rings (SSSR count). The Balaban J connectivity index is 2.12. The van der Waals surface area contributed by atoms with Gasteiger partial charge in [0, 0.05) is 30.4 Å². The quantitative estimate of drug-likeness (QED) is 0.756. The van der Waals surface area contributed by atoms with Crippen LogP contribution in [-0.2, 0) is 6.18 Å². The smallest absolute Gasteiger partial charge is 0.370 e. The summed E-state index contributed by atoms with van der Waals surface area (Å²) < 4.78 is 39.5. The van der Waals surface area contributed by atoms with Gasteiger partial charge < -0.3 is 4.90 Å². The summed E-state index contributed by atoms with van der Waals surface area (Å²) in [6, 6.07) is 6.19. The van der Waals surface area contributed by atoms with E-state index in [1.54, 1.807) is 18.2 Å². The largest absolute Gasteiger partial charge is 0.418 e. The van der Waals surface area contributed by atoms with Gasteiger partial charge in [-0.25, -0.2) is 0 Å². The Morgan fingerprint density at radius 3 is 2.41 bits per heavy atom. The van der Waals surface area contributed by atoms with Gasteiger partial charge in [-0.15, -0.1) is 0 Å². The van der Waals surface area contributed by atoms with E-state index in [1.807, 2.05) is 0 Å². The molecular weight excluding hydrogens is 289 g/mol. The molecule has 2 aromatic rings. The standard InChI is InChI=1S/C17H19F3N2/c1-11-8-12(2)10-22(9-11)15-6-5-14(17(18,19)20)16-13(15)4-3-7-21-16/h3-7,11-12H,8-10H2,1-2H3/t11-,12+. The predicted molar refractivity (Wildman–Crippen MR) is 81.9 cm³/mol. The molecule has 1 aliphatic heterocycles. The van der Waals surface area contributed by atoms with Crippen molar-refractivity contribution in [1.82, 2.24) is 4.98 Å². The van der Waals surface area contributed by atoms with Crippen LogP contribution in [0.3, 0.4) is 0 Å². The van der Waals surface area contributed by atoms with Gasteiger partial charge >= 0.3 is 6.18 Å². The van der Waals surface area contributed by atoms with Gasteiger partial charge in [-0.1, -0.05) is 13.8 Å². The molecule has 2 nitrogen and oxygen atoms in total. The molecule has 1 saturated heterocycles. The molecule has 1 fully saturated rings. The zero-order valence-corrected chi connectivity index (χ0v) is 12.7. The van der Waals surface area contributed by atoms with Crippen molar-refractivity contribution in [3.8, 4) is 0 Å². The fourth-order valence-electron chi connectivity index (χ4n) is 3.52. The first-order valence-corrected chi connectivity index (χ1v) is 7.56. The Labute approximate surface area is 128 Å². The lowest BCUT2D eigenvalue weighted by molar-refractivity contribution is -0.136. The highest BCUT2D eigenvalue weighted by atomic mass is 19.4. The second-order valence-electron chi connectivity index (χ2n) is 6.38. The molecule has 0 spiro atoms. The molecular formula is C17H19F3N2. The fourth-order valence-corrected chi connectivity index (χ4v) is 3.52. The van der Waals surface area contributed by atoms with Gasteiger partial charge in [-0.3, -0.25) is 4.98 Å². The molecule has 22 heavy (non-hydrogen) atoms.